The minimum Gasteiger partial charge on any atom is -0.206 e. The number of benzene rings is 4. The molecule has 0 atom stereocenters. The number of unbranched alkanes of at least 4 members (excludes halogenated alkanes) is 1. The molecule has 0 aliphatic heterocycles. The maximum atomic E-state index is 14.5. The molecule has 0 nitrogen and oxygen atoms in total. The lowest BCUT2D eigenvalue weighted by molar-refractivity contribution is 0.453. The molecule has 5 heteroatoms. The topological polar surface area (TPSA) is 0 Å². The number of hydrogen-bond acceptors (Lipinski definition) is 0. The van der Waals surface area contributed by atoms with Crippen LogP contribution in [0.15, 0.2) is 60.7 Å². The summed E-state index contributed by atoms with van der Waals surface area (Å²) in [6.07, 6.45) is 2.82. The average Bonchev–Trinajstić information content (AvgIpc) is 2.85. The van der Waals surface area contributed by atoms with E-state index in [4.69, 9.17) is 0 Å². The summed E-state index contributed by atoms with van der Waals surface area (Å²) in [7, 11) is 0. The van der Waals surface area contributed by atoms with Gasteiger partial charge in [0.05, 0.1) is 11.1 Å². The zero-order valence-corrected chi connectivity index (χ0v) is 18.8. The number of fused-ring (bicyclic) bond motifs is 1. The highest BCUT2D eigenvalue weighted by Crippen LogP contribution is 2.24. The van der Waals surface area contributed by atoms with Gasteiger partial charge in [-0.2, -0.15) is 0 Å². The van der Waals surface area contributed by atoms with Crippen LogP contribution in [0.1, 0.15) is 47.6 Å². The van der Waals surface area contributed by atoms with Gasteiger partial charge in [-0.15, -0.1) is 0 Å². The Labute approximate surface area is 200 Å². The molecule has 4 aromatic rings. The monoisotopic (exact) mass is 474 g/mol. The lowest BCUT2D eigenvalue weighted by Crippen LogP contribution is -1.92. The van der Waals surface area contributed by atoms with Gasteiger partial charge in [0.15, 0.2) is 17.5 Å². The Morgan fingerprint density at radius 2 is 1.23 bits per heavy atom. The molecule has 174 valence electrons. The van der Waals surface area contributed by atoms with Crippen LogP contribution in [0.3, 0.4) is 0 Å². The number of hydrogen-bond donors (Lipinski definition) is 0. The average molecular weight is 474 g/mol. The summed E-state index contributed by atoms with van der Waals surface area (Å²) in [6.45, 7) is 2.07. The van der Waals surface area contributed by atoms with E-state index in [1.54, 1.807) is 12.1 Å². The van der Waals surface area contributed by atoms with E-state index in [1.165, 1.54) is 36.4 Å². The smallest absolute Gasteiger partial charge is 0.195 e. The fourth-order valence-corrected chi connectivity index (χ4v) is 3.55. The largest absolute Gasteiger partial charge is 0.206 e. The van der Waals surface area contributed by atoms with Gasteiger partial charge in [-0.1, -0.05) is 49.2 Å². The van der Waals surface area contributed by atoms with E-state index < -0.39 is 29.1 Å². The molecule has 0 aliphatic rings. The van der Waals surface area contributed by atoms with Gasteiger partial charge in [-0.25, -0.2) is 22.0 Å². The summed E-state index contributed by atoms with van der Waals surface area (Å²) in [6, 6.07) is 14.2. The first kappa shape index (κ1) is 24.0. The van der Waals surface area contributed by atoms with Gasteiger partial charge in [0.2, 0.25) is 0 Å². The number of aryl methyl sites for hydroxylation is 1. The van der Waals surface area contributed by atoms with Crippen molar-refractivity contribution < 1.29 is 22.0 Å². The zero-order chi connectivity index (χ0) is 24.9. The molecule has 0 N–H and O–H groups in total. The maximum absolute atomic E-state index is 14.5. The Hall–Kier alpha value is -4.09. The lowest BCUT2D eigenvalue weighted by Gasteiger charge is -2.03. The van der Waals surface area contributed by atoms with Crippen LogP contribution in [0.4, 0.5) is 22.0 Å². The van der Waals surface area contributed by atoms with E-state index >= 15 is 0 Å². The molecule has 35 heavy (non-hydrogen) atoms. The van der Waals surface area contributed by atoms with E-state index in [0.29, 0.717) is 11.1 Å². The van der Waals surface area contributed by atoms with E-state index in [0.717, 1.165) is 30.9 Å². The Balaban J connectivity index is 1.54. The molecule has 4 aromatic carbocycles. The molecule has 0 saturated heterocycles. The molecule has 0 aromatic heterocycles. The van der Waals surface area contributed by atoms with Gasteiger partial charge in [0.25, 0.3) is 0 Å². The van der Waals surface area contributed by atoms with Gasteiger partial charge in [0.1, 0.15) is 11.6 Å². The minimum absolute atomic E-state index is 0.0735. The maximum Gasteiger partial charge on any atom is 0.195 e. The minimum atomic E-state index is -1.53. The van der Waals surface area contributed by atoms with Gasteiger partial charge in [0, 0.05) is 16.5 Å². The SMILES string of the molecule is CCCCc1ccc(C#Cc2ccc(C#Cc3ccc4c(F)c(F)c(F)cc4c3)c(F)c2)c(F)c1. The van der Waals surface area contributed by atoms with Crippen molar-refractivity contribution in [2.75, 3.05) is 0 Å². The van der Waals surface area contributed by atoms with Crippen LogP contribution in [0.25, 0.3) is 10.8 Å². The van der Waals surface area contributed by atoms with Crippen molar-refractivity contribution in [3.05, 3.63) is 118 Å². The van der Waals surface area contributed by atoms with Crippen LogP contribution in [-0.2, 0) is 6.42 Å². The van der Waals surface area contributed by atoms with E-state index in [1.807, 2.05) is 6.07 Å². The third-order valence-corrected chi connectivity index (χ3v) is 5.48. The fourth-order valence-electron chi connectivity index (χ4n) is 3.55. The quantitative estimate of drug-likeness (QED) is 0.162. The molecule has 0 heterocycles. The normalized spacial score (nSPS) is 10.5. The van der Waals surface area contributed by atoms with E-state index in [-0.39, 0.29) is 21.9 Å². The Morgan fingerprint density at radius 3 is 1.89 bits per heavy atom. The molecule has 0 spiro atoms. The van der Waals surface area contributed by atoms with Crippen LogP contribution in [0, 0.1) is 52.8 Å². The van der Waals surface area contributed by atoms with Crippen molar-refractivity contribution >= 4 is 10.8 Å². The van der Waals surface area contributed by atoms with E-state index in [9.17, 15) is 22.0 Å². The van der Waals surface area contributed by atoms with Crippen LogP contribution < -0.4 is 0 Å². The first-order valence-electron chi connectivity index (χ1n) is 11.0. The van der Waals surface area contributed by atoms with Crippen molar-refractivity contribution in [2.24, 2.45) is 0 Å². The van der Waals surface area contributed by atoms with Gasteiger partial charge in [-0.05, 0) is 72.3 Å². The van der Waals surface area contributed by atoms with Gasteiger partial charge in [-0.3, -0.25) is 0 Å². The highest BCUT2D eigenvalue weighted by molar-refractivity contribution is 5.84. The van der Waals surface area contributed by atoms with Crippen molar-refractivity contribution in [1.29, 1.82) is 0 Å². The van der Waals surface area contributed by atoms with Crippen LogP contribution in [0.2, 0.25) is 0 Å². The summed E-state index contributed by atoms with van der Waals surface area (Å²) < 4.78 is 69.6. The second-order valence-electron chi connectivity index (χ2n) is 8.03. The third-order valence-electron chi connectivity index (χ3n) is 5.48. The predicted molar refractivity (Wildman–Crippen MR) is 127 cm³/mol. The zero-order valence-electron chi connectivity index (χ0n) is 18.8. The highest BCUT2D eigenvalue weighted by Gasteiger charge is 2.13. The van der Waals surface area contributed by atoms with Crippen LogP contribution in [-0.4, -0.2) is 0 Å². The first-order valence-corrected chi connectivity index (χ1v) is 11.0. The second kappa shape index (κ2) is 10.5. The van der Waals surface area contributed by atoms with Crippen molar-refractivity contribution in [3.8, 4) is 23.7 Å². The lowest BCUT2D eigenvalue weighted by atomic mass is 10.0. The third kappa shape index (κ3) is 5.53. The first-order chi connectivity index (χ1) is 16.9. The van der Waals surface area contributed by atoms with Crippen LogP contribution >= 0.6 is 0 Å². The van der Waals surface area contributed by atoms with E-state index in [2.05, 4.69) is 30.6 Å². The highest BCUT2D eigenvalue weighted by atomic mass is 19.2. The van der Waals surface area contributed by atoms with Crippen molar-refractivity contribution in [2.45, 2.75) is 26.2 Å². The molecular weight excluding hydrogens is 455 g/mol. The number of halogens is 5. The predicted octanol–water partition coefficient (Wildman–Crippen LogP) is 7.68. The molecule has 0 radical (unpaired) electrons. The fraction of sp³-hybridized carbons (Fsp3) is 0.133. The molecule has 0 bridgehead atoms. The Morgan fingerprint density at radius 1 is 0.600 bits per heavy atom. The molecule has 0 aliphatic carbocycles. The molecule has 4 rings (SSSR count). The Kier molecular flexibility index (Phi) is 7.18. The van der Waals surface area contributed by atoms with Gasteiger partial charge < -0.3 is 0 Å². The summed E-state index contributed by atoms with van der Waals surface area (Å²) in [4.78, 5) is 0. The molecule has 0 fully saturated rings. The Bertz CT molecular complexity index is 1540. The molecule has 0 saturated carbocycles. The summed E-state index contributed by atoms with van der Waals surface area (Å²) >= 11 is 0. The molecule has 0 amide bonds. The molecular formula is C30H19F5. The summed E-state index contributed by atoms with van der Waals surface area (Å²) in [5.41, 5.74) is 1.99. The molecule has 0 unspecified atom stereocenters. The number of rotatable bonds is 3. The van der Waals surface area contributed by atoms with Crippen LogP contribution in [0.5, 0.6) is 0 Å². The van der Waals surface area contributed by atoms with Crippen molar-refractivity contribution in [3.63, 3.8) is 0 Å². The summed E-state index contributed by atoms with van der Waals surface area (Å²) in [5.74, 6) is 5.78. The standard InChI is InChI=1S/C30H19F5/c1-2-3-4-19-5-10-22(26(31)16-19)12-7-21-8-13-23(27(32)17-21)11-6-20-9-14-25-24(15-20)18-28(33)30(35)29(25)34/h5,8-10,13-18H,2-4H2,1H3. The second-order valence-corrected chi connectivity index (χ2v) is 8.03. The van der Waals surface area contributed by atoms with Crippen molar-refractivity contribution in [1.82, 2.24) is 0 Å². The van der Waals surface area contributed by atoms with Gasteiger partial charge >= 0.3 is 0 Å². The summed E-state index contributed by atoms with van der Waals surface area (Å²) in [5, 5.41) is 0.0699.